The first kappa shape index (κ1) is 8.10. The summed E-state index contributed by atoms with van der Waals surface area (Å²) in [5, 5.41) is 0. The Labute approximate surface area is 65.4 Å². The predicted octanol–water partition coefficient (Wildman–Crippen LogP) is 0.123. The van der Waals surface area contributed by atoms with Gasteiger partial charge < -0.3 is 10.5 Å². The van der Waals surface area contributed by atoms with Crippen molar-refractivity contribution < 1.29 is 4.74 Å². The smallest absolute Gasteiger partial charge is 0.147 e. The van der Waals surface area contributed by atoms with E-state index in [1.165, 1.54) is 0 Å². The molecule has 0 aliphatic carbocycles. The van der Waals surface area contributed by atoms with E-state index in [2.05, 4.69) is 9.97 Å². The van der Waals surface area contributed by atoms with Gasteiger partial charge in [0.1, 0.15) is 5.82 Å². The highest BCUT2D eigenvalue weighted by molar-refractivity contribution is 4.94. The van der Waals surface area contributed by atoms with Gasteiger partial charge in [-0.25, -0.2) is 9.97 Å². The first-order valence-electron chi connectivity index (χ1n) is 3.36. The van der Waals surface area contributed by atoms with Gasteiger partial charge >= 0.3 is 0 Å². The number of methoxy groups -OCH3 is 1. The molecule has 1 unspecified atom stereocenters. The van der Waals surface area contributed by atoms with Crippen molar-refractivity contribution in [3.8, 4) is 0 Å². The molecule has 1 aromatic heterocycles. The van der Waals surface area contributed by atoms with Crippen LogP contribution in [0.2, 0.25) is 0 Å². The molecule has 1 atom stereocenters. The van der Waals surface area contributed by atoms with E-state index in [1.807, 2.05) is 0 Å². The zero-order valence-electron chi connectivity index (χ0n) is 6.40. The molecule has 2 N–H and O–H groups in total. The van der Waals surface area contributed by atoms with E-state index in [4.69, 9.17) is 10.5 Å². The lowest BCUT2D eigenvalue weighted by Crippen LogP contribution is -2.18. The Balaban J connectivity index is 2.61. The summed E-state index contributed by atoms with van der Waals surface area (Å²) in [6.07, 6.45) is 3.33. The zero-order chi connectivity index (χ0) is 8.10. The molecule has 0 aromatic carbocycles. The van der Waals surface area contributed by atoms with Crippen LogP contribution in [0.3, 0.4) is 0 Å². The number of nitrogens with zero attached hydrogens (tertiary/aromatic N) is 2. The number of aromatic nitrogens is 2. The molecule has 11 heavy (non-hydrogen) atoms. The topological polar surface area (TPSA) is 61.0 Å². The first-order valence-corrected chi connectivity index (χ1v) is 3.36. The van der Waals surface area contributed by atoms with E-state index >= 15 is 0 Å². The Hall–Kier alpha value is -1.00. The van der Waals surface area contributed by atoms with Crippen molar-refractivity contribution in [2.75, 3.05) is 13.7 Å². The summed E-state index contributed by atoms with van der Waals surface area (Å²) in [6.45, 7) is 0.448. The summed E-state index contributed by atoms with van der Waals surface area (Å²) in [4.78, 5) is 7.96. The summed E-state index contributed by atoms with van der Waals surface area (Å²) in [6, 6.07) is 1.53. The molecular weight excluding hydrogens is 142 g/mol. The summed E-state index contributed by atoms with van der Waals surface area (Å²) < 4.78 is 4.85. The van der Waals surface area contributed by atoms with Crippen molar-refractivity contribution >= 4 is 0 Å². The lowest BCUT2D eigenvalue weighted by atomic mass is 10.3. The van der Waals surface area contributed by atoms with Crippen LogP contribution in [0.15, 0.2) is 18.5 Å². The van der Waals surface area contributed by atoms with Crippen molar-refractivity contribution in [3.05, 3.63) is 24.3 Å². The SMILES string of the molecule is COCC(N)c1ncccn1. The molecule has 0 aliphatic heterocycles. The highest BCUT2D eigenvalue weighted by Gasteiger charge is 2.06. The van der Waals surface area contributed by atoms with Gasteiger partial charge in [-0.3, -0.25) is 0 Å². The molecule has 1 aromatic rings. The minimum absolute atomic E-state index is 0.221. The van der Waals surface area contributed by atoms with Gasteiger partial charge in [0.05, 0.1) is 12.6 Å². The monoisotopic (exact) mass is 153 g/mol. The molecule has 4 heteroatoms. The van der Waals surface area contributed by atoms with Crippen LogP contribution in [-0.4, -0.2) is 23.7 Å². The van der Waals surface area contributed by atoms with Gasteiger partial charge in [-0.2, -0.15) is 0 Å². The third-order valence-electron chi connectivity index (χ3n) is 1.26. The molecule has 0 amide bonds. The third-order valence-corrected chi connectivity index (χ3v) is 1.26. The fraction of sp³-hybridized carbons (Fsp3) is 0.429. The van der Waals surface area contributed by atoms with Crippen molar-refractivity contribution in [1.82, 2.24) is 9.97 Å². The van der Waals surface area contributed by atoms with E-state index < -0.39 is 0 Å². The number of hydrogen-bond acceptors (Lipinski definition) is 4. The quantitative estimate of drug-likeness (QED) is 0.670. The molecule has 0 saturated heterocycles. The number of hydrogen-bond donors (Lipinski definition) is 1. The highest BCUT2D eigenvalue weighted by atomic mass is 16.5. The van der Waals surface area contributed by atoms with E-state index in [9.17, 15) is 0 Å². The second kappa shape index (κ2) is 4.00. The summed E-state index contributed by atoms with van der Waals surface area (Å²) in [5.74, 6) is 0.620. The Kier molecular flexibility index (Phi) is 2.95. The maximum absolute atomic E-state index is 5.66. The molecule has 60 valence electrons. The van der Waals surface area contributed by atoms with Crippen LogP contribution in [0.25, 0.3) is 0 Å². The van der Waals surface area contributed by atoms with Crippen LogP contribution in [0, 0.1) is 0 Å². The average Bonchev–Trinajstić information content (AvgIpc) is 2.07. The highest BCUT2D eigenvalue weighted by Crippen LogP contribution is 2.00. The lowest BCUT2D eigenvalue weighted by molar-refractivity contribution is 0.178. The van der Waals surface area contributed by atoms with Gasteiger partial charge in [0.15, 0.2) is 0 Å². The summed E-state index contributed by atoms with van der Waals surface area (Å²) in [5.41, 5.74) is 5.66. The molecule has 0 fully saturated rings. The Morgan fingerprint density at radius 2 is 2.18 bits per heavy atom. The molecular formula is C7H11N3O. The molecule has 0 saturated carbocycles. The maximum atomic E-state index is 5.66. The Bertz CT molecular complexity index is 202. The van der Waals surface area contributed by atoms with Crippen LogP contribution in [0.4, 0.5) is 0 Å². The fourth-order valence-corrected chi connectivity index (χ4v) is 0.756. The Morgan fingerprint density at radius 3 is 2.73 bits per heavy atom. The molecule has 0 radical (unpaired) electrons. The minimum Gasteiger partial charge on any atom is -0.383 e. The number of rotatable bonds is 3. The molecule has 0 bridgehead atoms. The number of nitrogens with two attached hydrogens (primary N) is 1. The van der Waals surface area contributed by atoms with Gasteiger partial charge in [0, 0.05) is 19.5 Å². The van der Waals surface area contributed by atoms with Crippen molar-refractivity contribution in [2.24, 2.45) is 5.73 Å². The predicted molar refractivity (Wildman–Crippen MR) is 40.8 cm³/mol. The molecule has 0 aliphatic rings. The van der Waals surface area contributed by atoms with Crippen LogP contribution in [0.1, 0.15) is 11.9 Å². The normalized spacial score (nSPS) is 12.9. The van der Waals surface area contributed by atoms with Crippen molar-refractivity contribution in [1.29, 1.82) is 0 Å². The van der Waals surface area contributed by atoms with E-state index in [0.29, 0.717) is 12.4 Å². The average molecular weight is 153 g/mol. The van der Waals surface area contributed by atoms with Crippen LogP contribution < -0.4 is 5.73 Å². The van der Waals surface area contributed by atoms with Gasteiger partial charge in [0.2, 0.25) is 0 Å². The van der Waals surface area contributed by atoms with Gasteiger partial charge in [-0.15, -0.1) is 0 Å². The van der Waals surface area contributed by atoms with Gasteiger partial charge in [-0.1, -0.05) is 0 Å². The molecule has 4 nitrogen and oxygen atoms in total. The second-order valence-electron chi connectivity index (χ2n) is 2.17. The van der Waals surface area contributed by atoms with Crippen LogP contribution in [-0.2, 0) is 4.74 Å². The molecule has 1 rings (SSSR count). The lowest BCUT2D eigenvalue weighted by Gasteiger charge is -2.06. The third kappa shape index (κ3) is 2.25. The maximum Gasteiger partial charge on any atom is 0.147 e. The fourth-order valence-electron chi connectivity index (χ4n) is 0.756. The zero-order valence-corrected chi connectivity index (χ0v) is 6.40. The summed E-state index contributed by atoms with van der Waals surface area (Å²) in [7, 11) is 1.60. The van der Waals surface area contributed by atoms with E-state index in [1.54, 1.807) is 25.6 Å². The van der Waals surface area contributed by atoms with Crippen LogP contribution >= 0.6 is 0 Å². The summed E-state index contributed by atoms with van der Waals surface area (Å²) >= 11 is 0. The van der Waals surface area contributed by atoms with Gasteiger partial charge in [0.25, 0.3) is 0 Å². The van der Waals surface area contributed by atoms with E-state index in [-0.39, 0.29) is 6.04 Å². The van der Waals surface area contributed by atoms with Gasteiger partial charge in [-0.05, 0) is 6.07 Å². The van der Waals surface area contributed by atoms with Crippen molar-refractivity contribution in [2.45, 2.75) is 6.04 Å². The van der Waals surface area contributed by atoms with Crippen molar-refractivity contribution in [3.63, 3.8) is 0 Å². The second-order valence-corrected chi connectivity index (χ2v) is 2.17. The van der Waals surface area contributed by atoms with Crippen LogP contribution in [0.5, 0.6) is 0 Å². The molecule has 1 heterocycles. The first-order chi connectivity index (χ1) is 5.34. The number of ether oxygens (including phenoxy) is 1. The molecule has 0 spiro atoms. The minimum atomic E-state index is -0.221. The van der Waals surface area contributed by atoms with E-state index in [0.717, 1.165) is 0 Å². The standard InChI is InChI=1S/C7H11N3O/c1-11-5-6(8)7-9-3-2-4-10-7/h2-4,6H,5,8H2,1H3. The Morgan fingerprint density at radius 1 is 1.55 bits per heavy atom. The largest absolute Gasteiger partial charge is 0.383 e.